The van der Waals surface area contributed by atoms with Crippen LogP contribution in [0.2, 0.25) is 0 Å². The number of phosphoric ester groups is 1. The Morgan fingerprint density at radius 2 is 1.86 bits per heavy atom. The molecular weight excluding hydrogens is 234 g/mol. The molecule has 0 radical (unpaired) electrons. The molecule has 0 spiro atoms. The summed E-state index contributed by atoms with van der Waals surface area (Å²) in [4.78, 5) is 27.0. The molecule has 0 aromatic rings. The number of rotatable bonds is 6. The van der Waals surface area contributed by atoms with E-state index in [4.69, 9.17) is 9.79 Å². The van der Waals surface area contributed by atoms with Crippen molar-refractivity contribution in [3.63, 3.8) is 0 Å². The van der Waals surface area contributed by atoms with E-state index in [1.54, 1.807) is 0 Å². The van der Waals surface area contributed by atoms with E-state index in [-0.39, 0.29) is 12.5 Å². The summed E-state index contributed by atoms with van der Waals surface area (Å²) >= 11 is 0. The molecular formula is C5H13O7P2-. The van der Waals surface area contributed by atoms with Gasteiger partial charge in [0, 0.05) is 0 Å². The Labute approximate surface area is 81.9 Å². The molecule has 0 aliphatic carbocycles. The molecule has 0 heterocycles. The predicted octanol–water partition coefficient (Wildman–Crippen LogP) is 0.627. The third-order valence-electron chi connectivity index (χ3n) is 1.16. The summed E-state index contributed by atoms with van der Waals surface area (Å²) in [6.07, 6.45) is 0.475. The highest BCUT2D eigenvalue weighted by molar-refractivity contribution is 7.60. The largest absolute Gasteiger partial charge is 0.756 e. The first-order valence-corrected chi connectivity index (χ1v) is 6.84. The average Bonchev–Trinajstić information content (AvgIpc) is 1.78. The maximum Gasteiger partial charge on any atom is 0.478 e. The predicted molar refractivity (Wildman–Crippen MR) is 46.1 cm³/mol. The maximum atomic E-state index is 10.8. The van der Waals surface area contributed by atoms with Crippen molar-refractivity contribution in [2.45, 2.75) is 20.3 Å². The number of hydrogen-bond acceptors (Lipinski definition) is 5. The highest BCUT2D eigenvalue weighted by Crippen LogP contribution is 2.55. The number of phosphoric acid groups is 2. The van der Waals surface area contributed by atoms with Gasteiger partial charge < -0.3 is 14.7 Å². The van der Waals surface area contributed by atoms with Gasteiger partial charge in [-0.25, -0.2) is 8.88 Å². The second-order valence-electron chi connectivity index (χ2n) is 3.03. The van der Waals surface area contributed by atoms with Crippen molar-refractivity contribution in [2.75, 3.05) is 6.61 Å². The molecule has 86 valence electrons. The lowest BCUT2D eigenvalue weighted by Gasteiger charge is -2.19. The molecule has 9 heteroatoms. The van der Waals surface area contributed by atoms with Crippen molar-refractivity contribution in [1.82, 2.24) is 0 Å². The van der Waals surface area contributed by atoms with Gasteiger partial charge in [-0.05, 0) is 12.3 Å². The molecule has 0 aromatic carbocycles. The molecule has 0 rings (SSSR count). The van der Waals surface area contributed by atoms with Gasteiger partial charge in [-0.1, -0.05) is 13.8 Å². The van der Waals surface area contributed by atoms with Crippen molar-refractivity contribution in [1.29, 1.82) is 0 Å². The molecule has 2 unspecified atom stereocenters. The van der Waals surface area contributed by atoms with Crippen molar-refractivity contribution >= 4 is 15.6 Å². The molecule has 0 aliphatic rings. The second kappa shape index (κ2) is 5.37. The van der Waals surface area contributed by atoms with E-state index in [0.29, 0.717) is 6.42 Å². The monoisotopic (exact) mass is 247 g/mol. The molecule has 0 saturated carbocycles. The smallest absolute Gasteiger partial charge is 0.478 e. The Bertz CT molecular complexity index is 257. The summed E-state index contributed by atoms with van der Waals surface area (Å²) in [5.41, 5.74) is 0. The fourth-order valence-corrected chi connectivity index (χ4v) is 2.13. The van der Waals surface area contributed by atoms with Gasteiger partial charge in [0.1, 0.15) is 0 Å². The summed E-state index contributed by atoms with van der Waals surface area (Å²) in [7, 11) is -9.94. The van der Waals surface area contributed by atoms with Gasteiger partial charge in [-0.2, -0.15) is 0 Å². The molecule has 2 atom stereocenters. The summed E-state index contributed by atoms with van der Waals surface area (Å²) in [5, 5.41) is 0. The van der Waals surface area contributed by atoms with Gasteiger partial charge in [0.05, 0.1) is 6.61 Å². The van der Waals surface area contributed by atoms with E-state index < -0.39 is 15.6 Å². The van der Waals surface area contributed by atoms with E-state index in [1.807, 2.05) is 13.8 Å². The van der Waals surface area contributed by atoms with Crippen molar-refractivity contribution in [3.8, 4) is 0 Å². The summed E-state index contributed by atoms with van der Waals surface area (Å²) in [5.74, 6) is 0.239. The van der Waals surface area contributed by atoms with E-state index in [9.17, 15) is 14.0 Å². The van der Waals surface area contributed by atoms with Crippen LogP contribution >= 0.6 is 15.6 Å². The van der Waals surface area contributed by atoms with Crippen LogP contribution in [0, 0.1) is 5.92 Å². The third kappa shape index (κ3) is 8.84. The SMILES string of the molecule is CC(C)CCOP(=O)(O)OP(=O)([O-])O. The quantitative estimate of drug-likeness (QED) is 0.661. The van der Waals surface area contributed by atoms with Crippen LogP contribution in [0.15, 0.2) is 0 Å². The molecule has 0 aromatic heterocycles. The Morgan fingerprint density at radius 1 is 1.36 bits per heavy atom. The van der Waals surface area contributed by atoms with E-state index in [2.05, 4.69) is 8.83 Å². The molecule has 0 fully saturated rings. The molecule has 0 bridgehead atoms. The van der Waals surface area contributed by atoms with E-state index >= 15 is 0 Å². The van der Waals surface area contributed by atoms with Crippen molar-refractivity contribution < 1.29 is 32.6 Å². The third-order valence-corrected chi connectivity index (χ3v) is 3.32. The summed E-state index contributed by atoms with van der Waals surface area (Å²) in [6, 6.07) is 0. The zero-order valence-electron chi connectivity index (χ0n) is 7.82. The molecule has 14 heavy (non-hydrogen) atoms. The van der Waals surface area contributed by atoms with Gasteiger partial charge in [-0.15, -0.1) is 0 Å². The highest BCUT2D eigenvalue weighted by atomic mass is 31.3. The maximum absolute atomic E-state index is 10.8. The minimum atomic E-state index is -5.24. The van der Waals surface area contributed by atoms with Crippen LogP contribution in [0.4, 0.5) is 0 Å². The second-order valence-corrected chi connectivity index (χ2v) is 5.82. The van der Waals surface area contributed by atoms with Gasteiger partial charge >= 0.3 is 7.82 Å². The lowest BCUT2D eigenvalue weighted by Crippen LogP contribution is -2.04. The van der Waals surface area contributed by atoms with Gasteiger partial charge in [0.25, 0.3) is 7.82 Å². The fourth-order valence-electron chi connectivity index (χ4n) is 0.558. The van der Waals surface area contributed by atoms with Crippen LogP contribution < -0.4 is 4.89 Å². The standard InChI is InChI=1S/C5H14O7P2/c1-5(2)3-4-11-14(9,10)12-13(6,7)8/h5H,3-4H2,1-2H3,(H,9,10)(H2,6,7,8)/p-1. The zero-order chi connectivity index (χ0) is 11.4. The van der Waals surface area contributed by atoms with Crippen LogP contribution in [0.1, 0.15) is 20.3 Å². The average molecular weight is 247 g/mol. The first kappa shape index (κ1) is 14.3. The first-order chi connectivity index (χ1) is 6.12. The molecule has 2 N–H and O–H groups in total. The van der Waals surface area contributed by atoms with Crippen LogP contribution in [0.25, 0.3) is 0 Å². The van der Waals surface area contributed by atoms with Crippen molar-refractivity contribution in [3.05, 3.63) is 0 Å². The van der Waals surface area contributed by atoms with Crippen molar-refractivity contribution in [2.24, 2.45) is 5.92 Å². The molecule has 0 aliphatic heterocycles. The Morgan fingerprint density at radius 3 is 2.21 bits per heavy atom. The van der Waals surface area contributed by atoms with Gasteiger partial charge in [0.15, 0.2) is 0 Å². The van der Waals surface area contributed by atoms with Gasteiger partial charge in [0.2, 0.25) is 0 Å². The Hall–Kier alpha value is 0.260. The summed E-state index contributed by atoms with van der Waals surface area (Å²) in [6.45, 7) is 3.60. The zero-order valence-corrected chi connectivity index (χ0v) is 9.61. The topological polar surface area (TPSA) is 116 Å². The Balaban J connectivity index is 3.97. The summed E-state index contributed by atoms with van der Waals surface area (Å²) < 4.78 is 28.6. The van der Waals surface area contributed by atoms with E-state index in [1.165, 1.54) is 0 Å². The first-order valence-electron chi connectivity index (χ1n) is 3.85. The lowest BCUT2D eigenvalue weighted by molar-refractivity contribution is -0.212. The molecule has 0 saturated heterocycles. The normalized spacial score (nSPS) is 20.4. The highest BCUT2D eigenvalue weighted by Gasteiger charge is 2.26. The molecule has 0 amide bonds. The van der Waals surface area contributed by atoms with Crippen LogP contribution in [-0.4, -0.2) is 16.4 Å². The minimum absolute atomic E-state index is 0.120. The minimum Gasteiger partial charge on any atom is -0.756 e. The van der Waals surface area contributed by atoms with Crippen LogP contribution in [0.5, 0.6) is 0 Å². The lowest BCUT2D eigenvalue weighted by atomic mass is 10.2. The number of hydrogen-bond donors (Lipinski definition) is 2. The fraction of sp³-hybridized carbons (Fsp3) is 1.00. The van der Waals surface area contributed by atoms with Crippen LogP contribution in [0.3, 0.4) is 0 Å². The molecule has 7 nitrogen and oxygen atoms in total. The van der Waals surface area contributed by atoms with E-state index in [0.717, 1.165) is 0 Å². The van der Waals surface area contributed by atoms with Gasteiger partial charge in [-0.3, -0.25) is 9.09 Å². The Kier molecular flexibility index (Phi) is 5.47. The van der Waals surface area contributed by atoms with Crippen LogP contribution in [-0.2, 0) is 18.0 Å².